The molecule has 1 aliphatic rings. The molecule has 0 bridgehead atoms. The van der Waals surface area contributed by atoms with E-state index in [-0.39, 0.29) is 17.9 Å². The first-order chi connectivity index (χ1) is 13.8. The van der Waals surface area contributed by atoms with Gasteiger partial charge in [-0.15, -0.1) is 16.4 Å². The molecule has 1 fully saturated rings. The van der Waals surface area contributed by atoms with Gasteiger partial charge in [-0.1, -0.05) is 23.2 Å². The van der Waals surface area contributed by atoms with E-state index in [1.165, 1.54) is 11.3 Å². The summed E-state index contributed by atoms with van der Waals surface area (Å²) in [6, 6.07) is 5.72. The van der Waals surface area contributed by atoms with Crippen LogP contribution in [0.2, 0.25) is 0 Å². The number of hydrogen-bond donors (Lipinski definition) is 2. The van der Waals surface area contributed by atoms with Crippen molar-refractivity contribution in [3.63, 3.8) is 0 Å². The van der Waals surface area contributed by atoms with Crippen LogP contribution in [-0.2, 0) is 0 Å². The predicted octanol–water partition coefficient (Wildman–Crippen LogP) is 0.712. The average molecular weight is 407 g/mol. The lowest BCUT2D eigenvalue weighted by atomic mass is 9.88. The Morgan fingerprint density at radius 3 is 2.66 bits per heavy atom. The van der Waals surface area contributed by atoms with Crippen molar-refractivity contribution >= 4 is 52.4 Å². The molecule has 2 amide bonds. The molecule has 29 heavy (non-hydrogen) atoms. The summed E-state index contributed by atoms with van der Waals surface area (Å²) in [5.41, 5.74) is 11.2. The number of anilines is 1. The molecule has 7 nitrogen and oxygen atoms in total. The van der Waals surface area contributed by atoms with Crippen LogP contribution in [0.15, 0.2) is 18.2 Å². The number of benzene rings is 1. The molecule has 0 atom stereocenters. The zero-order chi connectivity index (χ0) is 20.9. The number of likely N-dealkylation sites (tertiary alicyclic amines) is 1. The van der Waals surface area contributed by atoms with Crippen LogP contribution in [0.5, 0.6) is 0 Å². The van der Waals surface area contributed by atoms with E-state index < -0.39 is 0 Å². The van der Waals surface area contributed by atoms with Crippen LogP contribution in [0.4, 0.5) is 5.69 Å². The van der Waals surface area contributed by atoms with Gasteiger partial charge in [-0.25, -0.2) is 0 Å². The molecule has 9 heteroatoms. The summed E-state index contributed by atoms with van der Waals surface area (Å²) >= 11 is 1.25. The fraction of sp³-hybridized carbons (Fsp3) is 0.300. The van der Waals surface area contributed by atoms with Crippen molar-refractivity contribution in [3.8, 4) is 0 Å². The maximum atomic E-state index is 12.7. The number of aryl methyl sites for hydroxylation is 3. The summed E-state index contributed by atoms with van der Waals surface area (Å²) in [5, 5.41) is 12.0. The number of nitrogens with one attached hydrogen (secondary N) is 1. The van der Waals surface area contributed by atoms with Crippen molar-refractivity contribution in [1.29, 1.82) is 0 Å². The lowest BCUT2D eigenvalue weighted by molar-refractivity contribution is 0.0544. The number of amides is 2. The standard InChI is InChI=1S/C20H22BN5O2S/c1-9-4-5-13(14(21)6-9)20(28)26-7-12(8-26)23-18(27)17-16(22)15-10(2)11(3)24-25-19(15)29-17/h4-6,12H,7-8,21-22H2,1-3H3,(H,23,27). The number of carbonyl (C=O) groups is 2. The second kappa shape index (κ2) is 7.15. The van der Waals surface area contributed by atoms with Crippen LogP contribution in [0.25, 0.3) is 10.2 Å². The normalized spacial score (nSPS) is 14.1. The van der Waals surface area contributed by atoms with Gasteiger partial charge in [0.05, 0.1) is 17.4 Å². The molecule has 4 rings (SSSR count). The van der Waals surface area contributed by atoms with Gasteiger partial charge in [-0.05, 0) is 32.4 Å². The number of fused-ring (bicyclic) bond motifs is 1. The molecule has 0 aliphatic carbocycles. The first-order valence-electron chi connectivity index (χ1n) is 9.45. The maximum Gasteiger partial charge on any atom is 0.263 e. The SMILES string of the molecule is Bc1cc(C)ccc1C(=O)N1CC(NC(=O)c2sc3nnc(C)c(C)c3c2N)C1. The molecule has 1 aliphatic heterocycles. The molecule has 0 unspecified atom stereocenters. The highest BCUT2D eigenvalue weighted by atomic mass is 32.1. The van der Waals surface area contributed by atoms with E-state index in [1.54, 1.807) is 4.90 Å². The number of nitrogens with two attached hydrogens (primary N) is 1. The molecule has 0 spiro atoms. The van der Waals surface area contributed by atoms with Crippen LogP contribution >= 0.6 is 11.3 Å². The molecule has 0 saturated carbocycles. The minimum atomic E-state index is -0.230. The second-order valence-electron chi connectivity index (χ2n) is 7.63. The highest BCUT2D eigenvalue weighted by molar-refractivity contribution is 7.21. The number of nitrogens with zero attached hydrogens (tertiary/aromatic N) is 3. The minimum Gasteiger partial charge on any atom is -0.397 e. The topological polar surface area (TPSA) is 101 Å². The first kappa shape index (κ1) is 19.4. The van der Waals surface area contributed by atoms with Crippen LogP contribution < -0.4 is 16.5 Å². The minimum absolute atomic E-state index is 0.00394. The Hall–Kier alpha value is -2.94. The number of hydrogen-bond acceptors (Lipinski definition) is 6. The Morgan fingerprint density at radius 2 is 1.97 bits per heavy atom. The van der Waals surface area contributed by atoms with Gasteiger partial charge in [0.15, 0.2) is 0 Å². The lowest BCUT2D eigenvalue weighted by Crippen LogP contribution is -2.61. The van der Waals surface area contributed by atoms with E-state index in [2.05, 4.69) is 15.5 Å². The molecule has 1 saturated heterocycles. The fourth-order valence-corrected chi connectivity index (χ4v) is 4.62. The summed E-state index contributed by atoms with van der Waals surface area (Å²) in [4.78, 5) is 28.3. The molecule has 3 aromatic rings. The van der Waals surface area contributed by atoms with Crippen LogP contribution in [-0.4, -0.2) is 53.9 Å². The van der Waals surface area contributed by atoms with Gasteiger partial charge in [0.1, 0.15) is 17.6 Å². The Balaban J connectivity index is 1.44. The summed E-state index contributed by atoms with van der Waals surface area (Å²) in [6.07, 6.45) is 0. The number of aromatic nitrogens is 2. The Labute approximate surface area is 173 Å². The summed E-state index contributed by atoms with van der Waals surface area (Å²) in [5.74, 6) is -0.234. The van der Waals surface area contributed by atoms with Crippen LogP contribution in [0, 0.1) is 20.8 Å². The molecule has 3 N–H and O–H groups in total. The quantitative estimate of drug-likeness (QED) is 0.623. The highest BCUT2D eigenvalue weighted by Crippen LogP contribution is 2.34. The maximum absolute atomic E-state index is 12.7. The van der Waals surface area contributed by atoms with Gasteiger partial charge in [0, 0.05) is 24.0 Å². The summed E-state index contributed by atoms with van der Waals surface area (Å²) < 4.78 is 0. The number of thiophene rings is 1. The van der Waals surface area contributed by atoms with Gasteiger partial charge in [-0.3, -0.25) is 9.59 Å². The number of rotatable bonds is 3. The van der Waals surface area contributed by atoms with Crippen LogP contribution in [0.1, 0.15) is 36.9 Å². The Bertz CT molecular complexity index is 1150. The molecule has 148 valence electrons. The zero-order valence-electron chi connectivity index (χ0n) is 16.9. The van der Waals surface area contributed by atoms with Gasteiger partial charge in [0.2, 0.25) is 0 Å². The molecular weight excluding hydrogens is 385 g/mol. The third kappa shape index (κ3) is 3.35. The van der Waals surface area contributed by atoms with E-state index in [1.807, 2.05) is 46.8 Å². The Morgan fingerprint density at radius 1 is 1.24 bits per heavy atom. The van der Waals surface area contributed by atoms with Gasteiger partial charge in [0.25, 0.3) is 11.8 Å². The van der Waals surface area contributed by atoms with Crippen LogP contribution in [0.3, 0.4) is 0 Å². The average Bonchev–Trinajstić information content (AvgIpc) is 2.97. The monoisotopic (exact) mass is 407 g/mol. The molecule has 3 heterocycles. The van der Waals surface area contributed by atoms with E-state index in [0.717, 1.165) is 27.7 Å². The molecule has 1 aromatic carbocycles. The molecular formula is C20H22BN5O2S. The smallest absolute Gasteiger partial charge is 0.263 e. The second-order valence-corrected chi connectivity index (χ2v) is 8.63. The van der Waals surface area contributed by atoms with E-state index in [4.69, 9.17) is 5.73 Å². The number of carbonyl (C=O) groups excluding carboxylic acids is 2. The largest absolute Gasteiger partial charge is 0.397 e. The van der Waals surface area contributed by atoms with Crippen molar-refractivity contribution in [2.75, 3.05) is 18.8 Å². The van der Waals surface area contributed by atoms with Gasteiger partial charge >= 0.3 is 0 Å². The van der Waals surface area contributed by atoms with Crippen molar-refractivity contribution in [3.05, 3.63) is 45.5 Å². The van der Waals surface area contributed by atoms with Gasteiger partial charge < -0.3 is 16.0 Å². The van der Waals surface area contributed by atoms with E-state index in [0.29, 0.717) is 34.0 Å². The number of nitrogen functional groups attached to an aromatic ring is 1. The predicted molar refractivity (Wildman–Crippen MR) is 118 cm³/mol. The van der Waals surface area contributed by atoms with E-state index in [9.17, 15) is 9.59 Å². The van der Waals surface area contributed by atoms with Crippen molar-refractivity contribution in [1.82, 2.24) is 20.4 Å². The lowest BCUT2D eigenvalue weighted by Gasteiger charge is -2.39. The highest BCUT2D eigenvalue weighted by Gasteiger charge is 2.33. The van der Waals surface area contributed by atoms with E-state index >= 15 is 0 Å². The summed E-state index contributed by atoms with van der Waals surface area (Å²) in [6.45, 7) is 6.78. The zero-order valence-corrected chi connectivity index (χ0v) is 17.7. The van der Waals surface area contributed by atoms with Crippen molar-refractivity contribution in [2.24, 2.45) is 0 Å². The van der Waals surface area contributed by atoms with Crippen molar-refractivity contribution in [2.45, 2.75) is 26.8 Å². The fourth-order valence-electron chi connectivity index (χ4n) is 3.62. The van der Waals surface area contributed by atoms with Gasteiger partial charge in [-0.2, -0.15) is 5.10 Å². The Kier molecular flexibility index (Phi) is 4.78. The molecule has 2 aromatic heterocycles. The van der Waals surface area contributed by atoms with Crippen molar-refractivity contribution < 1.29 is 9.59 Å². The summed E-state index contributed by atoms with van der Waals surface area (Å²) in [7, 11) is 1.94. The molecule has 0 radical (unpaired) electrons. The third-order valence-electron chi connectivity index (χ3n) is 5.46. The first-order valence-corrected chi connectivity index (χ1v) is 10.3. The third-order valence-corrected chi connectivity index (χ3v) is 6.55.